The molecule has 0 fully saturated rings. The highest BCUT2D eigenvalue weighted by Gasteiger charge is 2.22. The largest absolute Gasteiger partial charge is 0.506 e. The third-order valence-corrected chi connectivity index (χ3v) is 2.31. The number of phenols is 1. The lowest BCUT2D eigenvalue weighted by molar-refractivity contribution is -0.117. The molecule has 0 spiro atoms. The van der Waals surface area contributed by atoms with Gasteiger partial charge in [0.05, 0.1) is 5.69 Å². The predicted molar refractivity (Wildman–Crippen MR) is 61.6 cm³/mol. The van der Waals surface area contributed by atoms with Crippen LogP contribution in [0.15, 0.2) is 24.3 Å². The van der Waals surface area contributed by atoms with Crippen LogP contribution in [0.1, 0.15) is 6.92 Å². The molecule has 1 aromatic carbocycles. The molecule has 5 heteroatoms. The van der Waals surface area contributed by atoms with E-state index in [-0.39, 0.29) is 5.75 Å². The number of benzene rings is 1. The Morgan fingerprint density at radius 2 is 2.07 bits per heavy atom. The molecule has 0 aliphatic heterocycles. The van der Waals surface area contributed by atoms with Crippen LogP contribution in [0.5, 0.6) is 5.75 Å². The van der Waals surface area contributed by atoms with E-state index in [0.717, 1.165) is 0 Å². The molecule has 0 saturated carbocycles. The lowest BCUT2D eigenvalue weighted by Crippen LogP contribution is -2.34. The molecule has 0 saturated heterocycles. The van der Waals surface area contributed by atoms with Crippen LogP contribution < -0.4 is 4.90 Å². The number of amides is 1. The number of carbonyl (C=O) groups excluding carboxylic acids is 1. The second-order valence-corrected chi connectivity index (χ2v) is 3.97. The van der Waals surface area contributed by atoms with Crippen LogP contribution in [-0.4, -0.2) is 22.4 Å². The zero-order valence-corrected chi connectivity index (χ0v) is 9.66. The molecule has 82 valence electrons. The number of hydrogen-bond donors (Lipinski definition) is 1. The Labute approximate surface area is 98.2 Å². The van der Waals surface area contributed by atoms with Crippen molar-refractivity contribution in [2.75, 3.05) is 11.4 Å². The number of nitrogens with zero attached hydrogens (tertiary/aromatic N) is 1. The van der Waals surface area contributed by atoms with Gasteiger partial charge in [-0.1, -0.05) is 35.3 Å². The molecule has 0 unspecified atom stereocenters. The second-order valence-electron chi connectivity index (χ2n) is 2.87. The van der Waals surface area contributed by atoms with E-state index in [1.54, 1.807) is 25.1 Å². The summed E-state index contributed by atoms with van der Waals surface area (Å²) in [7, 11) is 0. The highest BCUT2D eigenvalue weighted by molar-refractivity contribution is 6.54. The Morgan fingerprint density at radius 3 is 2.53 bits per heavy atom. The van der Waals surface area contributed by atoms with Crippen molar-refractivity contribution in [2.45, 2.75) is 11.8 Å². The van der Waals surface area contributed by atoms with Gasteiger partial charge in [0.1, 0.15) is 5.75 Å². The number of aromatic hydroxyl groups is 1. The van der Waals surface area contributed by atoms with Crippen molar-refractivity contribution in [3.63, 3.8) is 0 Å². The number of halogens is 2. The van der Waals surface area contributed by atoms with Crippen LogP contribution in [0.4, 0.5) is 5.69 Å². The summed E-state index contributed by atoms with van der Waals surface area (Å²) < 4.78 is 0. The van der Waals surface area contributed by atoms with Crippen molar-refractivity contribution in [3.05, 3.63) is 24.3 Å². The van der Waals surface area contributed by atoms with Crippen molar-refractivity contribution >= 4 is 34.8 Å². The minimum Gasteiger partial charge on any atom is -0.506 e. The van der Waals surface area contributed by atoms with Crippen LogP contribution in [0.25, 0.3) is 0 Å². The maximum Gasteiger partial charge on any atom is 0.260 e. The lowest BCUT2D eigenvalue weighted by Gasteiger charge is -2.22. The average molecular weight is 248 g/mol. The molecule has 15 heavy (non-hydrogen) atoms. The van der Waals surface area contributed by atoms with Crippen LogP contribution in [-0.2, 0) is 4.79 Å². The Kier molecular flexibility index (Phi) is 4.24. The summed E-state index contributed by atoms with van der Waals surface area (Å²) in [6.45, 7) is 2.17. The van der Waals surface area contributed by atoms with Gasteiger partial charge in [-0.05, 0) is 19.1 Å². The molecule has 0 aliphatic carbocycles. The number of para-hydroxylation sites is 2. The Bertz CT molecular complexity index is 355. The van der Waals surface area contributed by atoms with E-state index in [1.807, 2.05) is 0 Å². The zero-order chi connectivity index (χ0) is 11.4. The SMILES string of the molecule is CCN(C(=O)C(Cl)Cl)c1ccccc1O. The van der Waals surface area contributed by atoms with Crippen LogP contribution in [0.2, 0.25) is 0 Å². The van der Waals surface area contributed by atoms with Gasteiger partial charge in [0, 0.05) is 6.54 Å². The van der Waals surface area contributed by atoms with E-state index >= 15 is 0 Å². The number of hydrogen-bond acceptors (Lipinski definition) is 2. The van der Waals surface area contributed by atoms with Crippen LogP contribution in [0, 0.1) is 0 Å². The first-order valence-corrected chi connectivity index (χ1v) is 5.32. The van der Waals surface area contributed by atoms with Gasteiger partial charge in [-0.15, -0.1) is 0 Å². The van der Waals surface area contributed by atoms with Gasteiger partial charge in [-0.3, -0.25) is 4.79 Å². The highest BCUT2D eigenvalue weighted by atomic mass is 35.5. The van der Waals surface area contributed by atoms with Gasteiger partial charge in [-0.25, -0.2) is 0 Å². The molecule has 0 atom stereocenters. The first-order valence-electron chi connectivity index (χ1n) is 4.45. The standard InChI is InChI=1S/C10H11Cl2NO2/c1-2-13(10(15)9(11)12)7-5-3-4-6-8(7)14/h3-6,9,14H,2H2,1H3. The third-order valence-electron chi connectivity index (χ3n) is 1.94. The van der Waals surface area contributed by atoms with Crippen molar-refractivity contribution in [1.82, 2.24) is 0 Å². The van der Waals surface area contributed by atoms with Crippen molar-refractivity contribution in [3.8, 4) is 5.75 Å². The Balaban J connectivity index is 3.03. The minimum atomic E-state index is -1.12. The summed E-state index contributed by atoms with van der Waals surface area (Å²) in [6.07, 6.45) is 0. The van der Waals surface area contributed by atoms with Crippen molar-refractivity contribution < 1.29 is 9.90 Å². The van der Waals surface area contributed by atoms with Gasteiger partial charge in [0.25, 0.3) is 5.91 Å². The monoisotopic (exact) mass is 247 g/mol. The van der Waals surface area contributed by atoms with Crippen molar-refractivity contribution in [2.24, 2.45) is 0 Å². The van der Waals surface area contributed by atoms with E-state index < -0.39 is 10.7 Å². The normalized spacial score (nSPS) is 10.4. The van der Waals surface area contributed by atoms with Gasteiger partial charge in [0.15, 0.2) is 4.84 Å². The van der Waals surface area contributed by atoms with Crippen LogP contribution in [0.3, 0.4) is 0 Å². The highest BCUT2D eigenvalue weighted by Crippen LogP contribution is 2.27. The smallest absolute Gasteiger partial charge is 0.260 e. The molecular formula is C10H11Cl2NO2. The molecule has 0 aromatic heterocycles. The minimum absolute atomic E-state index is 0.0293. The molecule has 1 rings (SSSR count). The average Bonchev–Trinajstić information content (AvgIpc) is 2.21. The molecule has 0 heterocycles. The lowest BCUT2D eigenvalue weighted by atomic mass is 10.2. The number of carbonyl (C=O) groups is 1. The maximum atomic E-state index is 11.6. The van der Waals surface area contributed by atoms with E-state index in [4.69, 9.17) is 23.2 Å². The summed E-state index contributed by atoms with van der Waals surface area (Å²) in [5.74, 6) is -0.413. The Hall–Kier alpha value is -0.930. The second kappa shape index (κ2) is 5.24. The number of rotatable bonds is 3. The quantitative estimate of drug-likeness (QED) is 0.835. The molecule has 0 radical (unpaired) electrons. The molecule has 0 aliphatic rings. The van der Waals surface area contributed by atoms with E-state index in [9.17, 15) is 9.90 Å². The first kappa shape index (κ1) is 12.1. The zero-order valence-electron chi connectivity index (χ0n) is 8.15. The van der Waals surface area contributed by atoms with Gasteiger partial charge < -0.3 is 10.0 Å². The van der Waals surface area contributed by atoms with E-state index in [0.29, 0.717) is 12.2 Å². The number of anilines is 1. The van der Waals surface area contributed by atoms with Gasteiger partial charge in [-0.2, -0.15) is 0 Å². The summed E-state index contributed by atoms with van der Waals surface area (Å²) in [5.41, 5.74) is 0.413. The number of phenolic OH excluding ortho intramolecular Hbond substituents is 1. The number of alkyl halides is 2. The molecule has 0 bridgehead atoms. The molecule has 1 amide bonds. The fourth-order valence-electron chi connectivity index (χ4n) is 1.26. The molecular weight excluding hydrogens is 237 g/mol. The van der Waals surface area contributed by atoms with E-state index in [1.165, 1.54) is 11.0 Å². The summed E-state index contributed by atoms with van der Waals surface area (Å²) in [5, 5.41) is 9.56. The molecule has 1 N–H and O–H groups in total. The molecule has 3 nitrogen and oxygen atoms in total. The topological polar surface area (TPSA) is 40.5 Å². The molecule has 1 aromatic rings. The summed E-state index contributed by atoms with van der Waals surface area (Å²) in [4.78, 5) is 11.8. The summed E-state index contributed by atoms with van der Waals surface area (Å²) >= 11 is 11.0. The van der Waals surface area contributed by atoms with Crippen LogP contribution >= 0.6 is 23.2 Å². The predicted octanol–water partition coefficient (Wildman–Crippen LogP) is 2.55. The summed E-state index contributed by atoms with van der Waals surface area (Å²) in [6, 6.07) is 6.54. The van der Waals surface area contributed by atoms with Gasteiger partial charge in [0.2, 0.25) is 0 Å². The van der Waals surface area contributed by atoms with Crippen molar-refractivity contribution in [1.29, 1.82) is 0 Å². The van der Waals surface area contributed by atoms with Gasteiger partial charge >= 0.3 is 0 Å². The third kappa shape index (κ3) is 2.76. The first-order chi connectivity index (χ1) is 7.07. The fraction of sp³-hybridized carbons (Fsp3) is 0.300. The Morgan fingerprint density at radius 1 is 1.47 bits per heavy atom. The van der Waals surface area contributed by atoms with E-state index in [2.05, 4.69) is 0 Å². The maximum absolute atomic E-state index is 11.6. The fourth-order valence-corrected chi connectivity index (χ4v) is 1.49.